The summed E-state index contributed by atoms with van der Waals surface area (Å²) in [5, 5.41) is 3.37. The maximum absolute atomic E-state index is 12.3. The number of likely N-dealkylation sites (tertiary alicyclic amines) is 1. The minimum absolute atomic E-state index is 0.106. The number of nitrogens with one attached hydrogen (secondary N) is 1. The molecular formula is C18H19ClN2O3. The molecule has 0 spiro atoms. The zero-order valence-corrected chi connectivity index (χ0v) is 14.0. The lowest BCUT2D eigenvalue weighted by Crippen LogP contribution is -2.35. The fourth-order valence-electron chi connectivity index (χ4n) is 3.23. The highest BCUT2D eigenvalue weighted by molar-refractivity contribution is 6.31. The molecule has 1 saturated heterocycles. The van der Waals surface area contributed by atoms with Crippen LogP contribution in [-0.2, 0) is 20.9 Å². The molecule has 1 aliphatic carbocycles. The fourth-order valence-corrected chi connectivity index (χ4v) is 3.43. The second-order valence-corrected chi connectivity index (χ2v) is 6.51. The van der Waals surface area contributed by atoms with Crippen molar-refractivity contribution in [3.05, 3.63) is 47.0 Å². The number of hydrogen-bond acceptors (Lipinski definition) is 3. The average molecular weight is 347 g/mol. The molecule has 1 N–H and O–H groups in total. The number of halogens is 1. The summed E-state index contributed by atoms with van der Waals surface area (Å²) in [7, 11) is 0. The first-order valence-electron chi connectivity index (χ1n) is 8.08. The molecular weight excluding hydrogens is 328 g/mol. The van der Waals surface area contributed by atoms with Crippen molar-refractivity contribution >= 4 is 29.3 Å². The lowest BCUT2D eigenvalue weighted by atomic mass is 9.85. The predicted molar refractivity (Wildman–Crippen MR) is 90.0 cm³/mol. The van der Waals surface area contributed by atoms with Gasteiger partial charge in [0.15, 0.2) is 0 Å². The van der Waals surface area contributed by atoms with E-state index >= 15 is 0 Å². The Morgan fingerprint density at radius 3 is 2.38 bits per heavy atom. The van der Waals surface area contributed by atoms with Crippen LogP contribution in [0.4, 0.5) is 0 Å². The highest BCUT2D eigenvalue weighted by atomic mass is 35.5. The van der Waals surface area contributed by atoms with E-state index in [9.17, 15) is 14.4 Å². The lowest BCUT2D eigenvalue weighted by Gasteiger charge is -2.14. The minimum atomic E-state index is -0.242. The highest BCUT2D eigenvalue weighted by Crippen LogP contribution is 2.34. The molecule has 2 aliphatic rings. The molecule has 126 valence electrons. The molecule has 0 bridgehead atoms. The van der Waals surface area contributed by atoms with E-state index in [0.717, 1.165) is 5.56 Å². The van der Waals surface area contributed by atoms with Gasteiger partial charge in [0.1, 0.15) is 0 Å². The number of imide groups is 1. The molecule has 3 rings (SSSR count). The number of benzene rings is 1. The van der Waals surface area contributed by atoms with Crippen LogP contribution in [0.5, 0.6) is 0 Å². The molecule has 2 atom stereocenters. The topological polar surface area (TPSA) is 66.5 Å². The van der Waals surface area contributed by atoms with E-state index in [0.29, 0.717) is 24.4 Å². The normalized spacial score (nSPS) is 22.6. The number of fused-ring (bicyclic) bond motifs is 1. The predicted octanol–water partition coefficient (Wildman–Crippen LogP) is 2.30. The average Bonchev–Trinajstić information content (AvgIpc) is 2.84. The van der Waals surface area contributed by atoms with Crippen LogP contribution in [-0.4, -0.2) is 29.2 Å². The summed E-state index contributed by atoms with van der Waals surface area (Å²) >= 11 is 6.04. The zero-order valence-electron chi connectivity index (χ0n) is 13.2. The number of rotatable bonds is 5. The molecule has 0 saturated carbocycles. The van der Waals surface area contributed by atoms with Crippen molar-refractivity contribution in [2.75, 3.05) is 6.54 Å². The van der Waals surface area contributed by atoms with Gasteiger partial charge in [0.05, 0.1) is 11.8 Å². The number of amides is 3. The Morgan fingerprint density at radius 1 is 1.12 bits per heavy atom. The molecule has 0 radical (unpaired) electrons. The Balaban J connectivity index is 1.51. The Labute approximate surface area is 145 Å². The van der Waals surface area contributed by atoms with Gasteiger partial charge in [-0.15, -0.1) is 0 Å². The van der Waals surface area contributed by atoms with Gasteiger partial charge < -0.3 is 5.32 Å². The van der Waals surface area contributed by atoms with Gasteiger partial charge in [0, 0.05) is 24.5 Å². The quantitative estimate of drug-likeness (QED) is 0.657. The van der Waals surface area contributed by atoms with Gasteiger partial charge in [-0.05, 0) is 24.5 Å². The summed E-state index contributed by atoms with van der Waals surface area (Å²) in [6.45, 7) is 0.467. The van der Waals surface area contributed by atoms with Gasteiger partial charge in [-0.25, -0.2) is 0 Å². The van der Waals surface area contributed by atoms with Crippen LogP contribution in [0.15, 0.2) is 36.4 Å². The van der Waals surface area contributed by atoms with Crippen LogP contribution in [0.3, 0.4) is 0 Å². The van der Waals surface area contributed by atoms with Crippen LogP contribution in [0.25, 0.3) is 0 Å². The highest BCUT2D eigenvalue weighted by Gasteiger charge is 2.46. The molecule has 3 amide bonds. The Hall–Kier alpha value is -2.14. The first kappa shape index (κ1) is 16.7. The molecule has 1 fully saturated rings. The maximum atomic E-state index is 12.3. The lowest BCUT2D eigenvalue weighted by molar-refractivity contribution is -0.140. The summed E-state index contributed by atoms with van der Waals surface area (Å²) in [5.41, 5.74) is 0.831. The number of carbonyl (C=O) groups excluding carboxylic acids is 3. The van der Waals surface area contributed by atoms with E-state index in [1.807, 2.05) is 30.4 Å². The van der Waals surface area contributed by atoms with E-state index < -0.39 is 0 Å². The Morgan fingerprint density at radius 2 is 1.75 bits per heavy atom. The number of carbonyl (C=O) groups is 3. The van der Waals surface area contributed by atoms with Crippen LogP contribution < -0.4 is 5.32 Å². The van der Waals surface area contributed by atoms with Crippen molar-refractivity contribution in [2.24, 2.45) is 11.8 Å². The van der Waals surface area contributed by atoms with Gasteiger partial charge in [-0.3, -0.25) is 19.3 Å². The molecule has 24 heavy (non-hydrogen) atoms. The van der Waals surface area contributed by atoms with Gasteiger partial charge in [-0.2, -0.15) is 0 Å². The van der Waals surface area contributed by atoms with E-state index in [1.54, 1.807) is 6.07 Å². The van der Waals surface area contributed by atoms with Crippen LogP contribution >= 0.6 is 11.6 Å². The van der Waals surface area contributed by atoms with Gasteiger partial charge >= 0.3 is 0 Å². The molecule has 1 aromatic rings. The van der Waals surface area contributed by atoms with E-state index in [4.69, 9.17) is 11.6 Å². The minimum Gasteiger partial charge on any atom is -0.352 e. The Kier molecular flexibility index (Phi) is 5.00. The monoisotopic (exact) mass is 346 g/mol. The standard InChI is InChI=1S/C18H19ClN2O3/c19-15-8-4-1-5-12(15)11-20-16(22)9-10-21-17(23)13-6-2-3-7-14(13)18(21)24/h1-5,8,13-14H,6-7,9-11H2,(H,20,22)/t13-,14-/m1/s1. The van der Waals surface area contributed by atoms with Crippen molar-refractivity contribution in [3.63, 3.8) is 0 Å². The molecule has 6 heteroatoms. The molecule has 5 nitrogen and oxygen atoms in total. The SMILES string of the molecule is O=C(CCN1C(=O)[C@@H]2CC=CC[C@H]2C1=O)NCc1ccccc1Cl. The summed E-state index contributed by atoms with van der Waals surface area (Å²) in [4.78, 5) is 37.9. The van der Waals surface area contributed by atoms with E-state index in [2.05, 4.69) is 5.32 Å². The van der Waals surface area contributed by atoms with Crippen molar-refractivity contribution in [1.82, 2.24) is 10.2 Å². The molecule has 0 aromatic heterocycles. The fraction of sp³-hybridized carbons (Fsp3) is 0.389. The van der Waals surface area contributed by atoms with Crippen molar-refractivity contribution in [2.45, 2.75) is 25.8 Å². The van der Waals surface area contributed by atoms with Crippen LogP contribution in [0, 0.1) is 11.8 Å². The third-order valence-corrected chi connectivity index (χ3v) is 4.96. The molecule has 1 aliphatic heterocycles. The largest absolute Gasteiger partial charge is 0.352 e. The number of nitrogens with zero attached hydrogens (tertiary/aromatic N) is 1. The van der Waals surface area contributed by atoms with Crippen LogP contribution in [0.1, 0.15) is 24.8 Å². The van der Waals surface area contributed by atoms with Crippen LogP contribution in [0.2, 0.25) is 5.02 Å². The second kappa shape index (κ2) is 7.18. The summed E-state index contributed by atoms with van der Waals surface area (Å²) in [6.07, 6.45) is 5.24. The third kappa shape index (κ3) is 3.36. The van der Waals surface area contributed by atoms with Gasteiger partial charge in [0.25, 0.3) is 0 Å². The van der Waals surface area contributed by atoms with Crippen molar-refractivity contribution in [1.29, 1.82) is 0 Å². The third-order valence-electron chi connectivity index (χ3n) is 4.60. The Bertz CT molecular complexity index is 675. The number of allylic oxidation sites excluding steroid dienone is 2. The summed E-state index contributed by atoms with van der Waals surface area (Å²) in [5.74, 6) is -0.979. The molecule has 1 aromatic carbocycles. The summed E-state index contributed by atoms with van der Waals surface area (Å²) in [6, 6.07) is 7.28. The zero-order chi connectivity index (χ0) is 17.1. The van der Waals surface area contributed by atoms with E-state index in [1.165, 1.54) is 4.90 Å². The van der Waals surface area contributed by atoms with Crippen molar-refractivity contribution < 1.29 is 14.4 Å². The first-order chi connectivity index (χ1) is 11.6. The van der Waals surface area contributed by atoms with Gasteiger partial charge in [0.2, 0.25) is 17.7 Å². The number of hydrogen-bond donors (Lipinski definition) is 1. The molecule has 0 unspecified atom stereocenters. The van der Waals surface area contributed by atoms with Gasteiger partial charge in [-0.1, -0.05) is 42.0 Å². The summed E-state index contributed by atoms with van der Waals surface area (Å²) < 4.78 is 0. The van der Waals surface area contributed by atoms with E-state index in [-0.39, 0.29) is 42.5 Å². The first-order valence-corrected chi connectivity index (χ1v) is 8.46. The maximum Gasteiger partial charge on any atom is 0.233 e. The smallest absolute Gasteiger partial charge is 0.233 e. The molecule has 1 heterocycles. The second-order valence-electron chi connectivity index (χ2n) is 6.10. The van der Waals surface area contributed by atoms with Crippen molar-refractivity contribution in [3.8, 4) is 0 Å².